The molecule has 0 saturated carbocycles. The molecule has 1 nitrogen and oxygen atoms in total. The first-order valence-electron chi connectivity index (χ1n) is 6.61. The Morgan fingerprint density at radius 2 is 1.28 bits per heavy atom. The summed E-state index contributed by atoms with van der Waals surface area (Å²) in [6.07, 6.45) is 3.73. The molecule has 18 heavy (non-hydrogen) atoms. The third kappa shape index (κ3) is 2.36. The van der Waals surface area contributed by atoms with E-state index < -0.39 is 0 Å². The van der Waals surface area contributed by atoms with Crippen molar-refractivity contribution in [2.24, 2.45) is 0 Å². The van der Waals surface area contributed by atoms with E-state index in [-0.39, 0.29) is 0 Å². The van der Waals surface area contributed by atoms with Gasteiger partial charge in [0.1, 0.15) is 6.20 Å². The van der Waals surface area contributed by atoms with E-state index >= 15 is 0 Å². The van der Waals surface area contributed by atoms with Crippen LogP contribution >= 0.6 is 0 Å². The van der Waals surface area contributed by atoms with Crippen LogP contribution < -0.4 is 4.90 Å². The summed E-state index contributed by atoms with van der Waals surface area (Å²) in [5.41, 5.74) is 3.97. The van der Waals surface area contributed by atoms with Crippen molar-refractivity contribution < 1.29 is 4.90 Å². The Kier molecular flexibility index (Phi) is 3.24. The summed E-state index contributed by atoms with van der Waals surface area (Å²) < 4.78 is 0. The number of benzene rings is 2. The van der Waals surface area contributed by atoms with Crippen molar-refractivity contribution in [3.8, 4) is 0 Å². The van der Waals surface area contributed by atoms with E-state index in [0.29, 0.717) is 0 Å². The SMILES string of the molecule is C(=C(c1ccccc1)c1ccccc1)[NH+]1CCC1. The summed E-state index contributed by atoms with van der Waals surface area (Å²) in [6, 6.07) is 21.3. The smallest absolute Gasteiger partial charge is 0.103 e. The fraction of sp³-hybridized carbons (Fsp3) is 0.176. The zero-order valence-corrected chi connectivity index (χ0v) is 10.5. The zero-order valence-electron chi connectivity index (χ0n) is 10.5. The lowest BCUT2D eigenvalue weighted by Crippen LogP contribution is -3.13. The Hall–Kier alpha value is -1.86. The van der Waals surface area contributed by atoms with Crippen LogP contribution in [0.3, 0.4) is 0 Å². The van der Waals surface area contributed by atoms with Gasteiger partial charge in [0.15, 0.2) is 0 Å². The Labute approximate surface area is 108 Å². The predicted octanol–water partition coefficient (Wildman–Crippen LogP) is 2.36. The zero-order chi connectivity index (χ0) is 12.2. The maximum Gasteiger partial charge on any atom is 0.103 e. The summed E-state index contributed by atoms with van der Waals surface area (Å²) >= 11 is 0. The van der Waals surface area contributed by atoms with Crippen molar-refractivity contribution >= 4 is 5.57 Å². The second kappa shape index (κ2) is 5.19. The first kappa shape index (κ1) is 11.2. The molecule has 1 aliphatic heterocycles. The van der Waals surface area contributed by atoms with E-state index in [9.17, 15) is 0 Å². The van der Waals surface area contributed by atoms with Crippen LogP contribution in [0.5, 0.6) is 0 Å². The minimum Gasteiger partial charge on any atom is -0.308 e. The molecule has 0 spiro atoms. The van der Waals surface area contributed by atoms with Crippen LogP contribution in [0.1, 0.15) is 17.5 Å². The Morgan fingerprint density at radius 3 is 1.67 bits per heavy atom. The fourth-order valence-electron chi connectivity index (χ4n) is 2.30. The fourth-order valence-corrected chi connectivity index (χ4v) is 2.30. The lowest BCUT2D eigenvalue weighted by molar-refractivity contribution is -0.888. The predicted molar refractivity (Wildman–Crippen MR) is 75.3 cm³/mol. The van der Waals surface area contributed by atoms with Gasteiger partial charge in [-0.15, -0.1) is 0 Å². The van der Waals surface area contributed by atoms with Gasteiger partial charge in [-0.25, -0.2) is 0 Å². The normalized spacial score (nSPS) is 14.9. The number of hydrogen-bond acceptors (Lipinski definition) is 0. The molecule has 1 saturated heterocycles. The van der Waals surface area contributed by atoms with Crippen LogP contribution in [-0.2, 0) is 0 Å². The van der Waals surface area contributed by atoms with Gasteiger partial charge in [-0.05, 0) is 11.1 Å². The van der Waals surface area contributed by atoms with Crippen LogP contribution in [0, 0.1) is 0 Å². The summed E-state index contributed by atoms with van der Waals surface area (Å²) in [5, 5.41) is 0. The van der Waals surface area contributed by atoms with E-state index in [0.717, 1.165) is 0 Å². The maximum absolute atomic E-state index is 2.38. The molecule has 0 aliphatic carbocycles. The molecule has 0 bridgehead atoms. The maximum atomic E-state index is 2.38. The van der Waals surface area contributed by atoms with E-state index in [1.54, 1.807) is 4.90 Å². The Bertz CT molecular complexity index is 483. The monoisotopic (exact) mass is 236 g/mol. The summed E-state index contributed by atoms with van der Waals surface area (Å²) in [7, 11) is 0. The van der Waals surface area contributed by atoms with Gasteiger partial charge < -0.3 is 4.90 Å². The minimum absolute atomic E-state index is 1.27. The summed E-state index contributed by atoms with van der Waals surface area (Å²) in [6.45, 7) is 2.53. The number of rotatable bonds is 3. The van der Waals surface area contributed by atoms with Crippen LogP contribution in [0.2, 0.25) is 0 Å². The number of nitrogens with one attached hydrogen (secondary N) is 1. The first-order chi connectivity index (χ1) is 8.93. The van der Waals surface area contributed by atoms with Gasteiger partial charge in [0.25, 0.3) is 0 Å². The molecule has 0 atom stereocenters. The molecule has 2 aromatic carbocycles. The molecule has 0 aromatic heterocycles. The van der Waals surface area contributed by atoms with Gasteiger partial charge in [0.05, 0.1) is 13.1 Å². The third-order valence-electron chi connectivity index (χ3n) is 3.51. The van der Waals surface area contributed by atoms with Crippen LogP contribution in [0.4, 0.5) is 0 Å². The standard InChI is InChI=1S/C17H17N/c1-3-8-15(9-4-1)17(14-18-12-7-13-18)16-10-5-2-6-11-16/h1-6,8-11,14H,7,12-13H2/p+1. The van der Waals surface area contributed by atoms with Crippen LogP contribution in [0.25, 0.3) is 5.57 Å². The van der Waals surface area contributed by atoms with Crippen molar-refractivity contribution in [2.45, 2.75) is 6.42 Å². The van der Waals surface area contributed by atoms with Gasteiger partial charge in [-0.1, -0.05) is 60.7 Å². The number of quaternary nitrogens is 1. The largest absolute Gasteiger partial charge is 0.308 e. The quantitative estimate of drug-likeness (QED) is 0.834. The van der Waals surface area contributed by atoms with Crippen molar-refractivity contribution in [1.82, 2.24) is 0 Å². The molecule has 1 N–H and O–H groups in total. The highest BCUT2D eigenvalue weighted by Crippen LogP contribution is 2.21. The third-order valence-corrected chi connectivity index (χ3v) is 3.51. The highest BCUT2D eigenvalue weighted by Gasteiger charge is 2.18. The van der Waals surface area contributed by atoms with E-state index in [1.165, 1.54) is 36.2 Å². The minimum atomic E-state index is 1.27. The molecule has 0 amide bonds. The summed E-state index contributed by atoms with van der Waals surface area (Å²) in [4.78, 5) is 1.58. The molecule has 90 valence electrons. The van der Waals surface area contributed by atoms with Gasteiger partial charge in [0.2, 0.25) is 0 Å². The molecule has 2 aromatic rings. The van der Waals surface area contributed by atoms with Crippen molar-refractivity contribution in [3.05, 3.63) is 78.0 Å². The molecular formula is C17H18N+. The second-order valence-corrected chi connectivity index (χ2v) is 4.80. The molecular weight excluding hydrogens is 218 g/mol. The molecule has 1 fully saturated rings. The molecule has 0 unspecified atom stereocenters. The molecule has 3 rings (SSSR count). The van der Waals surface area contributed by atoms with Gasteiger partial charge in [-0.3, -0.25) is 0 Å². The first-order valence-corrected chi connectivity index (χ1v) is 6.61. The molecule has 0 radical (unpaired) electrons. The lowest BCUT2D eigenvalue weighted by atomic mass is 9.98. The van der Waals surface area contributed by atoms with Crippen LogP contribution in [0.15, 0.2) is 66.9 Å². The van der Waals surface area contributed by atoms with E-state index in [1.807, 2.05) is 0 Å². The van der Waals surface area contributed by atoms with Crippen molar-refractivity contribution in [2.75, 3.05) is 13.1 Å². The topological polar surface area (TPSA) is 4.44 Å². The van der Waals surface area contributed by atoms with E-state index in [2.05, 4.69) is 66.9 Å². The highest BCUT2D eigenvalue weighted by atomic mass is 15.2. The summed E-state index contributed by atoms with van der Waals surface area (Å²) in [5.74, 6) is 0. The molecule has 1 heterocycles. The van der Waals surface area contributed by atoms with Gasteiger partial charge in [0, 0.05) is 12.0 Å². The van der Waals surface area contributed by atoms with Crippen molar-refractivity contribution in [1.29, 1.82) is 0 Å². The van der Waals surface area contributed by atoms with Gasteiger partial charge >= 0.3 is 0 Å². The van der Waals surface area contributed by atoms with Gasteiger partial charge in [-0.2, -0.15) is 0 Å². The van der Waals surface area contributed by atoms with Crippen molar-refractivity contribution in [3.63, 3.8) is 0 Å². The number of likely N-dealkylation sites (tertiary alicyclic amines) is 1. The average molecular weight is 236 g/mol. The Balaban J connectivity index is 2.01. The van der Waals surface area contributed by atoms with Crippen LogP contribution in [-0.4, -0.2) is 13.1 Å². The Morgan fingerprint density at radius 1 is 0.778 bits per heavy atom. The molecule has 1 aliphatic rings. The molecule has 1 heteroatoms. The second-order valence-electron chi connectivity index (χ2n) is 4.80. The van der Waals surface area contributed by atoms with E-state index in [4.69, 9.17) is 0 Å². The lowest BCUT2D eigenvalue weighted by Gasteiger charge is -2.24. The average Bonchev–Trinajstić information content (AvgIpc) is 2.40. The highest BCUT2D eigenvalue weighted by molar-refractivity contribution is 5.78. The number of hydrogen-bond donors (Lipinski definition) is 1.